The minimum absolute atomic E-state index is 0.511. The predicted octanol–water partition coefficient (Wildman–Crippen LogP) is 0.725. The predicted molar refractivity (Wildman–Crippen MR) is 51.8 cm³/mol. The van der Waals surface area contributed by atoms with Crippen LogP contribution in [0.15, 0.2) is 12.1 Å². The van der Waals surface area contributed by atoms with Gasteiger partial charge in [-0.25, -0.2) is 4.98 Å². The van der Waals surface area contributed by atoms with E-state index in [9.17, 15) is 4.79 Å². The van der Waals surface area contributed by atoms with Gasteiger partial charge in [-0.15, -0.1) is 0 Å². The number of aryl methyl sites for hydroxylation is 1. The van der Waals surface area contributed by atoms with E-state index in [4.69, 9.17) is 5.02 Å². The molecule has 4 nitrogen and oxygen atoms in total. The Bertz CT molecular complexity index is 315. The molecule has 0 aliphatic heterocycles. The van der Waals surface area contributed by atoms with E-state index in [1.807, 2.05) is 0 Å². The molecule has 13 heavy (non-hydrogen) atoms. The maximum atomic E-state index is 10.5. The van der Waals surface area contributed by atoms with Gasteiger partial charge in [-0.2, -0.15) is 0 Å². The maximum absolute atomic E-state index is 10.5. The van der Waals surface area contributed by atoms with Gasteiger partial charge in [-0.3, -0.25) is 4.79 Å². The van der Waals surface area contributed by atoms with Crippen molar-refractivity contribution in [3.63, 3.8) is 0 Å². The molecule has 0 aliphatic carbocycles. The van der Waals surface area contributed by atoms with Crippen LogP contribution in [0.3, 0.4) is 0 Å². The smallest absolute Gasteiger partial charge is 0.408 e. The molecule has 0 unspecified atom stereocenters. The number of carbonyl (C=O) groups excluding carboxylic acids is 1. The number of nitrogens with one attached hydrogen (secondary N) is 1. The van der Waals surface area contributed by atoms with Gasteiger partial charge in [0.1, 0.15) is 12.1 Å². The molecular weight excluding hydrogens is 167 g/mol. The van der Waals surface area contributed by atoms with Crippen molar-refractivity contribution in [3.05, 3.63) is 23.4 Å². The summed E-state index contributed by atoms with van der Waals surface area (Å²) >= 11 is 0. The second kappa shape index (κ2) is 4.05. The van der Waals surface area contributed by atoms with Gasteiger partial charge in [-0.1, -0.05) is 0 Å². The number of aromatic nitrogens is 1. The average molecular weight is 178 g/mol. The fourth-order valence-electron chi connectivity index (χ4n) is 1.05. The lowest BCUT2D eigenvalue weighted by Crippen LogP contribution is -2.20. The molecule has 0 saturated carbocycles. The molecule has 0 spiro atoms. The first-order valence-electron chi connectivity index (χ1n) is 4.00. The van der Waals surface area contributed by atoms with Gasteiger partial charge in [-0.05, 0) is 25.9 Å². The second-order valence-corrected chi connectivity index (χ2v) is 2.87. The number of pyridine rings is 1. The fraction of sp³-hybridized carbons (Fsp3) is 0.250. The zero-order valence-electron chi connectivity index (χ0n) is 7.61. The summed E-state index contributed by atoms with van der Waals surface area (Å²) in [6.07, 6.45) is 0.752. The minimum Gasteiger partial charge on any atom is -0.433 e. The summed E-state index contributed by atoms with van der Waals surface area (Å²) in [6.45, 7) is 3.38. The molecule has 0 atom stereocenters. The highest BCUT2D eigenvalue weighted by Gasteiger charge is 2.05. The van der Waals surface area contributed by atoms with E-state index in [-0.39, 0.29) is 0 Å². The van der Waals surface area contributed by atoms with Gasteiger partial charge >= 0.3 is 7.05 Å². The number of carbonyl (C=O) groups is 1. The second-order valence-electron chi connectivity index (χ2n) is 2.87. The molecule has 1 aromatic heterocycles. The van der Waals surface area contributed by atoms with Crippen LogP contribution in [0.25, 0.3) is 0 Å². The van der Waals surface area contributed by atoms with Gasteiger partial charge in [0.05, 0.1) is 0 Å². The number of rotatable bonds is 3. The molecular formula is C8H11BN2O2. The molecule has 0 aromatic carbocycles. The van der Waals surface area contributed by atoms with E-state index in [1.54, 1.807) is 25.9 Å². The topological polar surface area (TPSA) is 62.2 Å². The molecule has 1 aromatic rings. The van der Waals surface area contributed by atoms with Crippen molar-refractivity contribution < 1.29 is 9.82 Å². The molecule has 0 saturated heterocycles. The monoisotopic (exact) mass is 178 g/mol. The normalized spacial score (nSPS) is 9.46. The minimum atomic E-state index is -0.672. The third-order valence-corrected chi connectivity index (χ3v) is 1.47. The highest BCUT2D eigenvalue weighted by molar-refractivity contribution is 6.52. The summed E-state index contributed by atoms with van der Waals surface area (Å²) in [5, 5.41) is 11.7. The van der Waals surface area contributed by atoms with Crippen molar-refractivity contribution in [2.24, 2.45) is 0 Å². The third kappa shape index (κ3) is 2.87. The SMILES string of the molecule is CB(O)Nc1cc(C=O)cc(C)n1. The van der Waals surface area contributed by atoms with Crippen LogP contribution >= 0.6 is 0 Å². The van der Waals surface area contributed by atoms with Crippen LogP contribution in [0.4, 0.5) is 5.82 Å². The average Bonchev–Trinajstić information content (AvgIpc) is 2.01. The Morgan fingerprint density at radius 3 is 2.85 bits per heavy atom. The van der Waals surface area contributed by atoms with E-state index in [0.717, 1.165) is 12.0 Å². The van der Waals surface area contributed by atoms with Gasteiger partial charge in [0.25, 0.3) is 0 Å². The molecule has 68 valence electrons. The summed E-state index contributed by atoms with van der Waals surface area (Å²) in [5.41, 5.74) is 1.29. The Morgan fingerprint density at radius 2 is 2.31 bits per heavy atom. The Kier molecular flexibility index (Phi) is 3.03. The first-order valence-corrected chi connectivity index (χ1v) is 4.00. The van der Waals surface area contributed by atoms with Crippen LogP contribution in [-0.4, -0.2) is 23.3 Å². The van der Waals surface area contributed by atoms with Crippen LogP contribution < -0.4 is 5.23 Å². The standard InChI is InChI=1S/C8H11BN2O2/c1-6-3-7(5-12)4-8(10-6)11-9(2)13/h3-5,13H,1-2H3,(H,10,11). The first kappa shape index (κ1) is 9.73. The number of nitrogens with zero attached hydrogens (tertiary/aromatic N) is 1. The molecule has 1 heterocycles. The summed E-state index contributed by atoms with van der Waals surface area (Å²) in [4.78, 5) is 14.6. The summed E-state index contributed by atoms with van der Waals surface area (Å²) < 4.78 is 0. The quantitative estimate of drug-likeness (QED) is 0.528. The number of aldehydes is 1. The third-order valence-electron chi connectivity index (χ3n) is 1.47. The van der Waals surface area contributed by atoms with Crippen molar-refractivity contribution in [2.45, 2.75) is 13.7 Å². The van der Waals surface area contributed by atoms with Gasteiger partial charge in [0, 0.05) is 11.3 Å². The molecule has 1 rings (SSSR count). The van der Waals surface area contributed by atoms with E-state index in [0.29, 0.717) is 11.4 Å². The van der Waals surface area contributed by atoms with E-state index < -0.39 is 7.05 Å². The van der Waals surface area contributed by atoms with Gasteiger partial charge < -0.3 is 10.3 Å². The molecule has 2 N–H and O–H groups in total. The van der Waals surface area contributed by atoms with Crippen molar-refractivity contribution in [3.8, 4) is 0 Å². The number of hydrogen-bond donors (Lipinski definition) is 2. The highest BCUT2D eigenvalue weighted by atomic mass is 16.2. The molecule has 0 bridgehead atoms. The maximum Gasteiger partial charge on any atom is 0.408 e. The van der Waals surface area contributed by atoms with E-state index >= 15 is 0 Å². The Morgan fingerprint density at radius 1 is 1.62 bits per heavy atom. The van der Waals surface area contributed by atoms with E-state index in [1.165, 1.54) is 0 Å². The Hall–Kier alpha value is -1.36. The highest BCUT2D eigenvalue weighted by Crippen LogP contribution is 2.08. The lowest BCUT2D eigenvalue weighted by Gasteiger charge is -2.06. The van der Waals surface area contributed by atoms with Gasteiger partial charge in [0.15, 0.2) is 0 Å². The van der Waals surface area contributed by atoms with Crippen molar-refractivity contribution in [1.29, 1.82) is 0 Å². The number of anilines is 1. The summed E-state index contributed by atoms with van der Waals surface area (Å²) in [7, 11) is -0.672. The summed E-state index contributed by atoms with van der Waals surface area (Å²) in [5.74, 6) is 0.511. The first-order chi connectivity index (χ1) is 6.11. The van der Waals surface area contributed by atoms with Crippen molar-refractivity contribution in [2.75, 3.05) is 5.23 Å². The molecule has 0 aliphatic rings. The van der Waals surface area contributed by atoms with Crippen LogP contribution in [0.2, 0.25) is 6.82 Å². The molecule has 0 radical (unpaired) electrons. The zero-order chi connectivity index (χ0) is 9.84. The van der Waals surface area contributed by atoms with Crippen LogP contribution in [0.5, 0.6) is 0 Å². The Balaban J connectivity index is 2.94. The molecule has 5 heteroatoms. The van der Waals surface area contributed by atoms with Crippen molar-refractivity contribution in [1.82, 2.24) is 4.98 Å². The summed E-state index contributed by atoms with van der Waals surface area (Å²) in [6, 6.07) is 3.27. The number of hydrogen-bond acceptors (Lipinski definition) is 4. The molecule has 0 amide bonds. The Labute approximate surface area is 77.1 Å². The van der Waals surface area contributed by atoms with Gasteiger partial charge in [0.2, 0.25) is 0 Å². The van der Waals surface area contributed by atoms with Crippen LogP contribution in [0.1, 0.15) is 16.1 Å². The zero-order valence-corrected chi connectivity index (χ0v) is 7.61. The largest absolute Gasteiger partial charge is 0.433 e. The van der Waals surface area contributed by atoms with Crippen molar-refractivity contribution >= 4 is 19.2 Å². The van der Waals surface area contributed by atoms with Crippen LogP contribution in [-0.2, 0) is 0 Å². The lowest BCUT2D eigenvalue weighted by atomic mass is 9.89. The van der Waals surface area contributed by atoms with Crippen LogP contribution in [0, 0.1) is 6.92 Å². The lowest BCUT2D eigenvalue weighted by molar-refractivity contribution is 0.112. The molecule has 0 fully saturated rings. The van der Waals surface area contributed by atoms with E-state index in [2.05, 4.69) is 10.2 Å². The fourth-order valence-corrected chi connectivity index (χ4v) is 1.05.